The normalized spacial score (nSPS) is 24.4. The highest BCUT2D eigenvalue weighted by Crippen LogP contribution is 2.23. The first-order valence-corrected chi connectivity index (χ1v) is 10.0. The minimum absolute atomic E-state index is 0.0680. The lowest BCUT2D eigenvalue weighted by Crippen LogP contribution is -2.56. The van der Waals surface area contributed by atoms with Gasteiger partial charge in [-0.3, -0.25) is 4.90 Å². The van der Waals surface area contributed by atoms with Crippen molar-refractivity contribution >= 4 is 21.6 Å². The summed E-state index contributed by atoms with van der Waals surface area (Å²) in [5.41, 5.74) is 0.0680. The Bertz CT molecular complexity index is 377. The van der Waals surface area contributed by atoms with Gasteiger partial charge in [-0.2, -0.15) is 11.8 Å². The predicted octanol–water partition coefficient (Wildman–Crippen LogP) is 1.57. The molecule has 0 amide bonds. The number of sulfone groups is 1. The van der Waals surface area contributed by atoms with Crippen LogP contribution >= 0.6 is 11.8 Å². The highest BCUT2D eigenvalue weighted by molar-refractivity contribution is 8.00. The van der Waals surface area contributed by atoms with E-state index in [1.54, 1.807) is 11.8 Å². The summed E-state index contributed by atoms with van der Waals surface area (Å²) in [6.07, 6.45) is 2.33. The van der Waals surface area contributed by atoms with Crippen molar-refractivity contribution in [2.45, 2.75) is 51.1 Å². The number of rotatable bonds is 5. The lowest BCUT2D eigenvalue weighted by atomic mass is 10.1. The quantitative estimate of drug-likeness (QED) is 0.835. The molecule has 2 atom stereocenters. The molecule has 1 saturated heterocycles. The van der Waals surface area contributed by atoms with Gasteiger partial charge in [0.2, 0.25) is 0 Å². The summed E-state index contributed by atoms with van der Waals surface area (Å²) in [7, 11) is -3.01. The van der Waals surface area contributed by atoms with Crippen molar-refractivity contribution in [2.24, 2.45) is 0 Å². The Balaban J connectivity index is 2.76. The van der Waals surface area contributed by atoms with Crippen LogP contribution in [-0.4, -0.2) is 61.1 Å². The average Bonchev–Trinajstić information content (AvgIpc) is 2.27. The van der Waals surface area contributed by atoms with Gasteiger partial charge >= 0.3 is 0 Å². The number of thioether (sulfide) groups is 1. The lowest BCUT2D eigenvalue weighted by Gasteiger charge is -2.40. The molecule has 1 fully saturated rings. The number of hydrogen-bond acceptors (Lipinski definition) is 5. The second kappa shape index (κ2) is 6.78. The third-order valence-corrected chi connectivity index (χ3v) is 6.09. The molecule has 0 aromatic heterocycles. The van der Waals surface area contributed by atoms with E-state index in [-0.39, 0.29) is 10.9 Å². The van der Waals surface area contributed by atoms with Gasteiger partial charge in [-0.25, -0.2) is 8.42 Å². The van der Waals surface area contributed by atoms with Crippen molar-refractivity contribution in [3.63, 3.8) is 0 Å². The molecular formula is C13H28N2O2S2. The van der Waals surface area contributed by atoms with Gasteiger partial charge in [0.05, 0.1) is 0 Å². The Labute approximate surface area is 122 Å². The first kappa shape index (κ1) is 17.3. The maximum absolute atomic E-state index is 11.9. The van der Waals surface area contributed by atoms with Crippen molar-refractivity contribution in [1.29, 1.82) is 0 Å². The van der Waals surface area contributed by atoms with Crippen molar-refractivity contribution in [3.8, 4) is 0 Å². The van der Waals surface area contributed by atoms with Crippen molar-refractivity contribution < 1.29 is 8.42 Å². The maximum atomic E-state index is 11.9. The van der Waals surface area contributed by atoms with Crippen LogP contribution in [0.2, 0.25) is 0 Å². The summed E-state index contributed by atoms with van der Waals surface area (Å²) in [5.74, 6) is 1.73. The van der Waals surface area contributed by atoms with E-state index in [0.29, 0.717) is 11.8 Å². The molecule has 1 aliphatic rings. The first-order valence-electron chi connectivity index (χ1n) is 6.92. The molecule has 1 N–H and O–H groups in total. The molecule has 1 aliphatic heterocycles. The SMILES string of the molecule is CCC(CNC(C)(C)C)N1CCSCC1S(C)(=O)=O. The number of nitrogens with zero attached hydrogens (tertiary/aromatic N) is 1. The smallest absolute Gasteiger partial charge is 0.164 e. The van der Waals surface area contributed by atoms with E-state index in [4.69, 9.17) is 0 Å². The Morgan fingerprint density at radius 3 is 2.53 bits per heavy atom. The molecule has 6 heteroatoms. The van der Waals surface area contributed by atoms with Crippen LogP contribution < -0.4 is 5.32 Å². The molecule has 0 aromatic rings. The molecule has 0 aliphatic carbocycles. The molecule has 19 heavy (non-hydrogen) atoms. The van der Waals surface area contributed by atoms with Gasteiger partial charge < -0.3 is 5.32 Å². The number of hydrogen-bond donors (Lipinski definition) is 1. The third kappa shape index (κ3) is 5.61. The number of nitrogens with one attached hydrogen (secondary N) is 1. The zero-order chi connectivity index (χ0) is 14.7. The van der Waals surface area contributed by atoms with E-state index < -0.39 is 9.84 Å². The molecule has 4 nitrogen and oxygen atoms in total. The summed E-state index contributed by atoms with van der Waals surface area (Å²) in [5, 5.41) is 3.18. The maximum Gasteiger partial charge on any atom is 0.164 e. The first-order chi connectivity index (χ1) is 8.65. The summed E-state index contributed by atoms with van der Waals surface area (Å²) < 4.78 is 23.9. The average molecular weight is 309 g/mol. The summed E-state index contributed by atoms with van der Waals surface area (Å²) in [6, 6.07) is 0.292. The minimum atomic E-state index is -3.01. The van der Waals surface area contributed by atoms with Crippen LogP contribution in [0.15, 0.2) is 0 Å². The van der Waals surface area contributed by atoms with Gasteiger partial charge in [-0.1, -0.05) is 6.92 Å². The Morgan fingerprint density at radius 1 is 1.42 bits per heavy atom. The molecule has 0 saturated carbocycles. The molecule has 0 spiro atoms. The van der Waals surface area contributed by atoms with Crippen LogP contribution in [0.25, 0.3) is 0 Å². The Hall–Kier alpha value is 0.220. The Morgan fingerprint density at radius 2 is 2.05 bits per heavy atom. The van der Waals surface area contributed by atoms with Gasteiger partial charge in [-0.15, -0.1) is 0 Å². The standard InChI is InChI=1S/C13H28N2O2S2/c1-6-11(9-14-13(2,3)4)15-7-8-18-10-12(15)19(5,16)17/h11-12,14H,6-10H2,1-5H3. The minimum Gasteiger partial charge on any atom is -0.311 e. The molecule has 2 unspecified atom stereocenters. The third-order valence-electron chi connectivity index (χ3n) is 3.43. The summed E-state index contributed by atoms with van der Waals surface area (Å²) in [6.45, 7) is 10.3. The molecule has 1 heterocycles. The van der Waals surface area contributed by atoms with Gasteiger partial charge in [-0.05, 0) is 27.2 Å². The van der Waals surface area contributed by atoms with Crippen LogP contribution in [0.3, 0.4) is 0 Å². The topological polar surface area (TPSA) is 49.4 Å². The molecule has 1 rings (SSSR count). The van der Waals surface area contributed by atoms with Crippen LogP contribution in [0.1, 0.15) is 34.1 Å². The van der Waals surface area contributed by atoms with E-state index in [0.717, 1.165) is 25.3 Å². The molecule has 0 bridgehead atoms. The summed E-state index contributed by atoms with van der Waals surface area (Å²) >= 11 is 1.74. The lowest BCUT2D eigenvalue weighted by molar-refractivity contribution is 0.174. The van der Waals surface area contributed by atoms with Crippen molar-refractivity contribution in [1.82, 2.24) is 10.2 Å². The molecule has 0 radical (unpaired) electrons. The zero-order valence-corrected chi connectivity index (χ0v) is 14.4. The van der Waals surface area contributed by atoms with E-state index in [1.165, 1.54) is 6.26 Å². The second-order valence-corrected chi connectivity index (χ2v) is 9.64. The predicted molar refractivity (Wildman–Crippen MR) is 84.5 cm³/mol. The van der Waals surface area contributed by atoms with Crippen LogP contribution in [0.4, 0.5) is 0 Å². The van der Waals surface area contributed by atoms with Gasteiger partial charge in [0.25, 0.3) is 0 Å². The fourth-order valence-corrected chi connectivity index (χ4v) is 5.25. The second-order valence-electron chi connectivity index (χ2n) is 6.29. The van der Waals surface area contributed by atoms with E-state index in [2.05, 4.69) is 37.9 Å². The van der Waals surface area contributed by atoms with Gasteiger partial charge in [0, 0.05) is 42.4 Å². The van der Waals surface area contributed by atoms with Gasteiger partial charge in [0.1, 0.15) is 5.37 Å². The Kier molecular flexibility index (Phi) is 6.17. The molecule has 114 valence electrons. The fraction of sp³-hybridized carbons (Fsp3) is 1.00. The highest BCUT2D eigenvalue weighted by atomic mass is 32.2. The fourth-order valence-electron chi connectivity index (χ4n) is 2.30. The van der Waals surface area contributed by atoms with Crippen molar-refractivity contribution in [2.75, 3.05) is 30.9 Å². The monoisotopic (exact) mass is 308 g/mol. The highest BCUT2D eigenvalue weighted by Gasteiger charge is 2.34. The van der Waals surface area contributed by atoms with E-state index in [9.17, 15) is 8.42 Å². The van der Waals surface area contributed by atoms with E-state index in [1.807, 2.05) is 0 Å². The van der Waals surface area contributed by atoms with E-state index >= 15 is 0 Å². The van der Waals surface area contributed by atoms with Crippen LogP contribution in [0, 0.1) is 0 Å². The molecular weight excluding hydrogens is 280 g/mol. The zero-order valence-electron chi connectivity index (χ0n) is 12.8. The van der Waals surface area contributed by atoms with Gasteiger partial charge in [0.15, 0.2) is 9.84 Å². The largest absolute Gasteiger partial charge is 0.311 e. The van der Waals surface area contributed by atoms with Crippen LogP contribution in [0.5, 0.6) is 0 Å². The molecule has 0 aromatic carbocycles. The van der Waals surface area contributed by atoms with Crippen molar-refractivity contribution in [3.05, 3.63) is 0 Å². The summed E-state index contributed by atoms with van der Waals surface area (Å²) in [4.78, 5) is 2.19. The van der Waals surface area contributed by atoms with Crippen LogP contribution in [-0.2, 0) is 9.84 Å².